The first-order valence-electron chi connectivity index (χ1n) is 5.49. The van der Waals surface area contributed by atoms with E-state index < -0.39 is 0 Å². The highest BCUT2D eigenvalue weighted by Crippen LogP contribution is 2.11. The molecule has 2 unspecified atom stereocenters. The zero-order valence-corrected chi connectivity index (χ0v) is 9.50. The minimum Gasteiger partial charge on any atom is -0.300 e. The summed E-state index contributed by atoms with van der Waals surface area (Å²) >= 11 is 6.01. The molecule has 1 fully saturated rings. The van der Waals surface area contributed by atoms with E-state index in [-0.39, 0.29) is 0 Å². The molecule has 0 amide bonds. The summed E-state index contributed by atoms with van der Waals surface area (Å²) in [7, 11) is 0. The summed E-state index contributed by atoms with van der Waals surface area (Å²) in [4.78, 5) is 0. The molecule has 0 saturated carbocycles. The van der Waals surface area contributed by atoms with E-state index in [1.54, 1.807) is 0 Å². The Bertz CT molecular complexity index is 281. The van der Waals surface area contributed by atoms with E-state index >= 15 is 0 Å². The van der Waals surface area contributed by atoms with E-state index in [1.165, 1.54) is 5.56 Å². The molecule has 1 heterocycles. The summed E-state index contributed by atoms with van der Waals surface area (Å²) in [5.41, 5.74) is 1.33. The van der Waals surface area contributed by atoms with Crippen LogP contribution in [0.5, 0.6) is 0 Å². The fourth-order valence-electron chi connectivity index (χ4n) is 1.83. The van der Waals surface area contributed by atoms with E-state index in [0.717, 1.165) is 25.9 Å². The van der Waals surface area contributed by atoms with Gasteiger partial charge in [-0.1, -0.05) is 30.3 Å². The van der Waals surface area contributed by atoms with E-state index in [9.17, 15) is 0 Å². The Hall–Kier alpha value is -0.570. The maximum absolute atomic E-state index is 6.01. The maximum atomic E-state index is 6.01. The molecular weight excluding hydrogens is 208 g/mol. The van der Waals surface area contributed by atoms with Gasteiger partial charge in [0.25, 0.3) is 0 Å². The third kappa shape index (κ3) is 3.49. The topological polar surface area (TPSA) is 24.1 Å². The Morgan fingerprint density at radius 1 is 1.27 bits per heavy atom. The van der Waals surface area contributed by atoms with E-state index in [1.807, 2.05) is 6.07 Å². The molecule has 1 aliphatic heterocycles. The van der Waals surface area contributed by atoms with Crippen LogP contribution in [0.4, 0.5) is 0 Å². The van der Waals surface area contributed by atoms with Crippen LogP contribution in [-0.4, -0.2) is 18.1 Å². The molecule has 15 heavy (non-hydrogen) atoms. The standard InChI is InChI=1S/C12H17ClN2/c13-11-6-7-12(15-9-11)14-8-10-4-2-1-3-5-10/h1-5,11-12,14-15H,6-9H2. The van der Waals surface area contributed by atoms with Crippen molar-refractivity contribution >= 4 is 11.6 Å². The number of hydrogen-bond acceptors (Lipinski definition) is 2. The summed E-state index contributed by atoms with van der Waals surface area (Å²) in [5.74, 6) is 0. The largest absolute Gasteiger partial charge is 0.300 e. The van der Waals surface area contributed by atoms with Crippen LogP contribution in [0, 0.1) is 0 Å². The lowest BCUT2D eigenvalue weighted by Gasteiger charge is -2.27. The predicted molar refractivity (Wildman–Crippen MR) is 63.9 cm³/mol. The molecule has 0 spiro atoms. The SMILES string of the molecule is ClC1CCC(NCc2ccccc2)NC1. The van der Waals surface area contributed by atoms with Gasteiger partial charge in [0, 0.05) is 18.5 Å². The molecule has 1 aromatic rings. The van der Waals surface area contributed by atoms with Gasteiger partial charge in [0.15, 0.2) is 0 Å². The van der Waals surface area contributed by atoms with Crippen LogP contribution in [0.15, 0.2) is 30.3 Å². The lowest BCUT2D eigenvalue weighted by atomic mass is 10.1. The monoisotopic (exact) mass is 224 g/mol. The number of benzene rings is 1. The van der Waals surface area contributed by atoms with E-state index in [0.29, 0.717) is 11.5 Å². The molecule has 0 bridgehead atoms. The molecule has 1 aromatic carbocycles. The lowest BCUT2D eigenvalue weighted by Crippen LogP contribution is -2.48. The van der Waals surface area contributed by atoms with Gasteiger partial charge < -0.3 is 5.32 Å². The van der Waals surface area contributed by atoms with Gasteiger partial charge in [0.2, 0.25) is 0 Å². The second-order valence-electron chi connectivity index (χ2n) is 4.00. The van der Waals surface area contributed by atoms with Crippen LogP contribution >= 0.6 is 11.6 Å². The Morgan fingerprint density at radius 3 is 2.73 bits per heavy atom. The smallest absolute Gasteiger partial charge is 0.0575 e. The zero-order chi connectivity index (χ0) is 10.5. The van der Waals surface area contributed by atoms with Crippen molar-refractivity contribution in [1.82, 2.24) is 10.6 Å². The molecule has 1 saturated heterocycles. The molecule has 3 heteroatoms. The third-order valence-electron chi connectivity index (χ3n) is 2.75. The van der Waals surface area contributed by atoms with Gasteiger partial charge in [-0.05, 0) is 18.4 Å². The third-order valence-corrected chi connectivity index (χ3v) is 3.12. The van der Waals surface area contributed by atoms with Crippen LogP contribution in [0.3, 0.4) is 0 Å². The molecule has 0 radical (unpaired) electrons. The first kappa shape index (κ1) is 10.9. The van der Waals surface area contributed by atoms with Crippen LogP contribution < -0.4 is 10.6 Å². The summed E-state index contributed by atoms with van der Waals surface area (Å²) < 4.78 is 0. The van der Waals surface area contributed by atoms with Crippen molar-refractivity contribution in [3.63, 3.8) is 0 Å². The number of rotatable bonds is 3. The highest BCUT2D eigenvalue weighted by molar-refractivity contribution is 6.20. The van der Waals surface area contributed by atoms with Gasteiger partial charge in [0.1, 0.15) is 0 Å². The van der Waals surface area contributed by atoms with Gasteiger partial charge in [0.05, 0.1) is 6.17 Å². The number of alkyl halides is 1. The van der Waals surface area contributed by atoms with Gasteiger partial charge >= 0.3 is 0 Å². The van der Waals surface area contributed by atoms with Gasteiger partial charge in [-0.15, -0.1) is 11.6 Å². The van der Waals surface area contributed by atoms with Crippen LogP contribution in [0.2, 0.25) is 0 Å². The Labute approximate surface area is 96.0 Å². The average molecular weight is 225 g/mol. The highest BCUT2D eigenvalue weighted by atomic mass is 35.5. The summed E-state index contributed by atoms with van der Waals surface area (Å²) in [6.45, 7) is 1.83. The minimum atomic E-state index is 0.305. The molecule has 2 nitrogen and oxygen atoms in total. The summed E-state index contributed by atoms with van der Waals surface area (Å²) in [6, 6.07) is 10.5. The first-order chi connectivity index (χ1) is 7.34. The number of halogens is 1. The number of nitrogens with one attached hydrogen (secondary N) is 2. The number of hydrogen-bond donors (Lipinski definition) is 2. The van der Waals surface area contributed by atoms with Crippen molar-refractivity contribution in [3.05, 3.63) is 35.9 Å². The lowest BCUT2D eigenvalue weighted by molar-refractivity contribution is 0.346. The average Bonchev–Trinajstić information content (AvgIpc) is 2.30. The van der Waals surface area contributed by atoms with Crippen LogP contribution in [0.1, 0.15) is 18.4 Å². The summed E-state index contributed by atoms with van der Waals surface area (Å²) in [5, 5.41) is 7.19. The molecule has 0 aliphatic carbocycles. The molecule has 1 aliphatic rings. The normalized spacial score (nSPS) is 26.5. The predicted octanol–water partition coefficient (Wildman–Crippen LogP) is 2.09. The van der Waals surface area contributed by atoms with Crippen LogP contribution in [-0.2, 0) is 6.54 Å². The fourth-order valence-corrected chi connectivity index (χ4v) is 2.05. The van der Waals surface area contributed by atoms with Gasteiger partial charge in [-0.25, -0.2) is 0 Å². The second-order valence-corrected chi connectivity index (χ2v) is 4.62. The van der Waals surface area contributed by atoms with Gasteiger partial charge in [-0.2, -0.15) is 0 Å². The molecule has 82 valence electrons. The molecule has 2 N–H and O–H groups in total. The fraction of sp³-hybridized carbons (Fsp3) is 0.500. The zero-order valence-electron chi connectivity index (χ0n) is 8.75. The minimum absolute atomic E-state index is 0.305. The molecule has 2 atom stereocenters. The molecular formula is C12H17ClN2. The quantitative estimate of drug-likeness (QED) is 0.769. The van der Waals surface area contributed by atoms with Crippen molar-refractivity contribution < 1.29 is 0 Å². The molecule has 0 aromatic heterocycles. The van der Waals surface area contributed by atoms with Crippen molar-refractivity contribution in [3.8, 4) is 0 Å². The Balaban J connectivity index is 1.74. The molecule has 2 rings (SSSR count). The van der Waals surface area contributed by atoms with Crippen LogP contribution in [0.25, 0.3) is 0 Å². The summed E-state index contributed by atoms with van der Waals surface area (Å²) in [6.07, 6.45) is 2.63. The first-order valence-corrected chi connectivity index (χ1v) is 5.93. The van der Waals surface area contributed by atoms with E-state index in [4.69, 9.17) is 11.6 Å². The maximum Gasteiger partial charge on any atom is 0.0575 e. The van der Waals surface area contributed by atoms with Crippen molar-refractivity contribution in [2.24, 2.45) is 0 Å². The Kier molecular flexibility index (Phi) is 4.01. The highest BCUT2D eigenvalue weighted by Gasteiger charge is 2.17. The van der Waals surface area contributed by atoms with Crippen molar-refractivity contribution in [2.75, 3.05) is 6.54 Å². The van der Waals surface area contributed by atoms with Crippen molar-refractivity contribution in [1.29, 1.82) is 0 Å². The van der Waals surface area contributed by atoms with Gasteiger partial charge in [-0.3, -0.25) is 5.32 Å². The second kappa shape index (κ2) is 5.50. The van der Waals surface area contributed by atoms with Crippen molar-refractivity contribution in [2.45, 2.75) is 30.9 Å². The Morgan fingerprint density at radius 2 is 2.07 bits per heavy atom. The van der Waals surface area contributed by atoms with E-state index in [2.05, 4.69) is 34.9 Å². The number of piperidine rings is 1.